The Morgan fingerprint density at radius 1 is 1.07 bits per heavy atom. The fourth-order valence-electron chi connectivity index (χ4n) is 2.35. The zero-order valence-corrected chi connectivity index (χ0v) is 16.4. The van der Waals surface area contributed by atoms with Crippen molar-refractivity contribution in [3.8, 4) is 0 Å². The van der Waals surface area contributed by atoms with Gasteiger partial charge in [-0.15, -0.1) is 0 Å². The molecule has 0 heterocycles. The molecule has 3 atom stereocenters. The summed E-state index contributed by atoms with van der Waals surface area (Å²) < 4.78 is 9.85. The van der Waals surface area contributed by atoms with Crippen LogP contribution in [0.1, 0.15) is 25.8 Å². The highest BCUT2D eigenvalue weighted by Crippen LogP contribution is 2.09. The number of alkyl carbamates (subject to hydrolysis) is 1. The molecule has 0 aromatic heterocycles. The molecule has 1 aromatic carbocycles. The van der Waals surface area contributed by atoms with E-state index < -0.39 is 48.5 Å². The summed E-state index contributed by atoms with van der Waals surface area (Å²) in [6, 6.07) is 6.34. The van der Waals surface area contributed by atoms with Gasteiger partial charge in [-0.25, -0.2) is 4.79 Å². The van der Waals surface area contributed by atoms with E-state index in [1.165, 1.54) is 6.92 Å². The van der Waals surface area contributed by atoms with E-state index in [-0.39, 0.29) is 19.6 Å². The molecule has 0 saturated heterocycles. The fourth-order valence-corrected chi connectivity index (χ4v) is 2.35. The lowest BCUT2D eigenvalue weighted by Gasteiger charge is -2.22. The molecule has 1 rings (SSSR count). The summed E-state index contributed by atoms with van der Waals surface area (Å²) in [4.78, 5) is 47.5. The van der Waals surface area contributed by atoms with Gasteiger partial charge in [0.15, 0.2) is 0 Å². The van der Waals surface area contributed by atoms with E-state index in [0.717, 1.165) is 5.56 Å². The van der Waals surface area contributed by atoms with Gasteiger partial charge in [-0.3, -0.25) is 14.4 Å². The number of amides is 3. The molecule has 1 aromatic rings. The Bertz CT molecular complexity index is 696. The summed E-state index contributed by atoms with van der Waals surface area (Å²) in [7, 11) is 0. The van der Waals surface area contributed by atoms with E-state index in [9.17, 15) is 24.3 Å². The molecule has 5 N–H and O–H groups in total. The number of aliphatic hydroxyl groups excluding tert-OH is 1. The van der Waals surface area contributed by atoms with Crippen LogP contribution in [0.4, 0.5) is 4.79 Å². The van der Waals surface area contributed by atoms with Crippen LogP contribution in [-0.4, -0.2) is 54.3 Å². The number of esters is 1. The van der Waals surface area contributed by atoms with Crippen molar-refractivity contribution in [2.45, 2.75) is 39.0 Å². The van der Waals surface area contributed by atoms with Gasteiger partial charge in [0.2, 0.25) is 11.8 Å². The normalized spacial score (nSPS) is 13.5. The predicted octanol–water partition coefficient (Wildman–Crippen LogP) is -0.167. The number of carbonyl (C=O) groups excluding carboxylic acids is 4. The number of nitrogens with two attached hydrogens (primary N) is 1. The third kappa shape index (κ3) is 8.60. The number of ether oxygens (including phenoxy) is 2. The number of carbonyl (C=O) groups is 4. The van der Waals surface area contributed by atoms with E-state index >= 15 is 0 Å². The summed E-state index contributed by atoms with van der Waals surface area (Å²) in [6.07, 6.45) is -1.00. The van der Waals surface area contributed by atoms with E-state index in [1.807, 2.05) is 6.07 Å². The number of nitrogens with one attached hydrogen (secondary N) is 2. The third-order valence-electron chi connectivity index (χ3n) is 3.94. The highest BCUT2D eigenvalue weighted by atomic mass is 16.5. The van der Waals surface area contributed by atoms with Gasteiger partial charge in [0, 0.05) is 0 Å². The molecule has 0 aliphatic carbocycles. The Kier molecular flexibility index (Phi) is 10.2. The molecule has 0 unspecified atom stereocenters. The summed E-state index contributed by atoms with van der Waals surface area (Å²) in [5.74, 6) is -2.93. The van der Waals surface area contributed by atoms with Crippen LogP contribution in [0.2, 0.25) is 0 Å². The number of hydrogen-bond acceptors (Lipinski definition) is 7. The molecule has 10 heteroatoms. The highest BCUT2D eigenvalue weighted by Gasteiger charge is 2.28. The van der Waals surface area contributed by atoms with Crippen molar-refractivity contribution in [2.24, 2.45) is 11.7 Å². The number of rotatable bonds is 11. The van der Waals surface area contributed by atoms with Crippen LogP contribution in [0, 0.1) is 5.92 Å². The molecule has 0 radical (unpaired) electrons. The van der Waals surface area contributed by atoms with Crippen molar-refractivity contribution >= 4 is 23.9 Å². The van der Waals surface area contributed by atoms with Crippen molar-refractivity contribution in [2.75, 3.05) is 13.2 Å². The van der Waals surface area contributed by atoms with Crippen LogP contribution >= 0.6 is 0 Å². The Labute approximate surface area is 168 Å². The van der Waals surface area contributed by atoms with Crippen LogP contribution in [0.3, 0.4) is 0 Å². The van der Waals surface area contributed by atoms with Crippen molar-refractivity contribution < 1.29 is 33.8 Å². The minimum atomic E-state index is -1.36. The minimum Gasteiger partial charge on any atom is -0.466 e. The molecule has 0 aliphatic rings. The molecular weight excluding hydrogens is 382 g/mol. The predicted molar refractivity (Wildman–Crippen MR) is 102 cm³/mol. The lowest BCUT2D eigenvalue weighted by Crippen LogP contribution is -2.54. The first-order valence-corrected chi connectivity index (χ1v) is 9.12. The lowest BCUT2D eigenvalue weighted by molar-refractivity contribution is -0.148. The summed E-state index contributed by atoms with van der Waals surface area (Å²) >= 11 is 0. The Morgan fingerprint density at radius 2 is 1.72 bits per heavy atom. The maximum Gasteiger partial charge on any atom is 0.408 e. The molecule has 0 bridgehead atoms. The Hall–Kier alpha value is -3.14. The van der Waals surface area contributed by atoms with E-state index in [2.05, 4.69) is 10.6 Å². The third-order valence-corrected chi connectivity index (χ3v) is 3.94. The number of aliphatic hydroxyl groups is 1. The smallest absolute Gasteiger partial charge is 0.408 e. The summed E-state index contributed by atoms with van der Waals surface area (Å²) in [5, 5.41) is 13.9. The van der Waals surface area contributed by atoms with E-state index in [1.54, 1.807) is 31.2 Å². The maximum absolute atomic E-state index is 12.3. The minimum absolute atomic E-state index is 0.0204. The van der Waals surface area contributed by atoms with Gasteiger partial charge in [-0.2, -0.15) is 0 Å². The second-order valence-electron chi connectivity index (χ2n) is 6.29. The quantitative estimate of drug-likeness (QED) is 0.370. The molecule has 0 saturated carbocycles. The molecule has 160 valence electrons. The molecule has 3 amide bonds. The second kappa shape index (κ2) is 12.3. The van der Waals surface area contributed by atoms with Crippen LogP contribution < -0.4 is 16.4 Å². The lowest BCUT2D eigenvalue weighted by atomic mass is 10.0. The van der Waals surface area contributed by atoms with Crippen molar-refractivity contribution in [3.63, 3.8) is 0 Å². The van der Waals surface area contributed by atoms with Crippen LogP contribution in [0.5, 0.6) is 0 Å². The standard InChI is InChI=1S/C19H27N3O7/c1-3-28-18(26)12(2)9-14(16(20)24)21-17(25)15(10-23)22-19(27)29-11-13-7-5-4-6-8-13/h4-8,12,14-15,23H,3,9-11H2,1-2H3,(H2,20,24)(H,21,25)(H,22,27)/t12-,14-,15-/m0/s1. The molecule has 0 spiro atoms. The number of primary amides is 1. The average molecular weight is 409 g/mol. The van der Waals surface area contributed by atoms with Gasteiger partial charge in [0.05, 0.1) is 19.1 Å². The molecule has 0 fully saturated rings. The average Bonchev–Trinajstić information content (AvgIpc) is 2.70. The van der Waals surface area contributed by atoms with Gasteiger partial charge in [0.1, 0.15) is 18.7 Å². The SMILES string of the molecule is CCOC(=O)[C@@H](C)C[C@H](NC(=O)[C@H](CO)NC(=O)OCc1ccccc1)C(N)=O. The van der Waals surface area contributed by atoms with Crippen LogP contribution in [0.15, 0.2) is 30.3 Å². The molecule has 0 aliphatic heterocycles. The van der Waals surface area contributed by atoms with Gasteiger partial charge >= 0.3 is 12.1 Å². The van der Waals surface area contributed by atoms with Gasteiger partial charge < -0.3 is 30.9 Å². The first-order valence-electron chi connectivity index (χ1n) is 9.12. The van der Waals surface area contributed by atoms with E-state index in [0.29, 0.717) is 0 Å². The topological polar surface area (TPSA) is 157 Å². The molecule has 10 nitrogen and oxygen atoms in total. The maximum atomic E-state index is 12.3. The Morgan fingerprint density at radius 3 is 2.28 bits per heavy atom. The molecule has 29 heavy (non-hydrogen) atoms. The first-order chi connectivity index (χ1) is 13.8. The van der Waals surface area contributed by atoms with E-state index in [4.69, 9.17) is 15.2 Å². The van der Waals surface area contributed by atoms with Crippen molar-refractivity contribution in [1.29, 1.82) is 0 Å². The number of hydrogen-bond donors (Lipinski definition) is 4. The zero-order valence-electron chi connectivity index (χ0n) is 16.4. The fraction of sp³-hybridized carbons (Fsp3) is 0.474. The van der Waals surface area contributed by atoms with Gasteiger partial charge in [-0.05, 0) is 18.9 Å². The van der Waals surface area contributed by atoms with Crippen molar-refractivity contribution in [1.82, 2.24) is 10.6 Å². The van der Waals surface area contributed by atoms with Gasteiger partial charge in [-0.1, -0.05) is 37.3 Å². The van der Waals surface area contributed by atoms with Gasteiger partial charge in [0.25, 0.3) is 0 Å². The first kappa shape index (κ1) is 23.9. The largest absolute Gasteiger partial charge is 0.466 e. The zero-order chi connectivity index (χ0) is 21.8. The van der Waals surface area contributed by atoms with Crippen LogP contribution in [0.25, 0.3) is 0 Å². The van der Waals surface area contributed by atoms with Crippen molar-refractivity contribution in [3.05, 3.63) is 35.9 Å². The second-order valence-corrected chi connectivity index (χ2v) is 6.29. The monoisotopic (exact) mass is 409 g/mol. The number of benzene rings is 1. The highest BCUT2D eigenvalue weighted by molar-refractivity contribution is 5.91. The molecular formula is C19H27N3O7. The van der Waals surface area contributed by atoms with Crippen LogP contribution in [-0.2, 0) is 30.5 Å². The Balaban J connectivity index is 2.60. The summed E-state index contributed by atoms with van der Waals surface area (Å²) in [6.45, 7) is 2.60. The summed E-state index contributed by atoms with van der Waals surface area (Å²) in [5.41, 5.74) is 6.03.